The van der Waals surface area contributed by atoms with Crippen molar-refractivity contribution in [1.82, 2.24) is 5.32 Å². The molecule has 1 aliphatic heterocycles. The summed E-state index contributed by atoms with van der Waals surface area (Å²) >= 11 is 0. The Kier molecular flexibility index (Phi) is 14.5. The summed E-state index contributed by atoms with van der Waals surface area (Å²) in [5.74, 6) is -1.24. The van der Waals surface area contributed by atoms with Crippen molar-refractivity contribution in [3.8, 4) is 11.5 Å². The number of rotatable bonds is 17. The van der Waals surface area contributed by atoms with Gasteiger partial charge in [-0.25, -0.2) is 4.79 Å². The molecule has 9 heteroatoms. The van der Waals surface area contributed by atoms with Crippen LogP contribution >= 0.6 is 0 Å². The monoisotopic (exact) mass is 589 g/mol. The number of aliphatic hydroxyl groups excluding tert-OH is 3. The molecule has 2 rings (SSSR count). The predicted octanol–water partition coefficient (Wildman–Crippen LogP) is 4.31. The lowest BCUT2D eigenvalue weighted by Gasteiger charge is -2.29. The van der Waals surface area contributed by atoms with Crippen LogP contribution < -0.4 is 10.1 Å². The maximum absolute atomic E-state index is 12.5. The van der Waals surface area contributed by atoms with Gasteiger partial charge in [-0.3, -0.25) is 4.79 Å². The second kappa shape index (κ2) is 17.3. The molecule has 1 aromatic carbocycles. The number of benzene rings is 1. The third-order valence-electron chi connectivity index (χ3n) is 8.35. The van der Waals surface area contributed by atoms with Gasteiger partial charge in [0.2, 0.25) is 5.91 Å². The molecule has 9 nitrogen and oxygen atoms in total. The molecule has 8 atom stereocenters. The Hall–Kier alpha value is -2.88. The van der Waals surface area contributed by atoms with E-state index in [0.717, 1.165) is 6.42 Å². The average Bonchev–Trinajstić information content (AvgIpc) is 2.96. The largest absolute Gasteiger partial charge is 0.507 e. The number of aliphatic hydroxyl groups is 3. The second-order valence-corrected chi connectivity index (χ2v) is 11.7. The number of allylic oxidation sites excluding steroid dienone is 2. The van der Waals surface area contributed by atoms with E-state index < -0.39 is 30.2 Å². The van der Waals surface area contributed by atoms with Gasteiger partial charge in [0.15, 0.2) is 0 Å². The minimum absolute atomic E-state index is 0.0214. The number of carbonyl (C=O) groups excluding carboxylic acids is 2. The summed E-state index contributed by atoms with van der Waals surface area (Å²) in [4.78, 5) is 24.6. The smallest absolute Gasteiger partial charge is 0.342 e. The summed E-state index contributed by atoms with van der Waals surface area (Å²) in [6.07, 6.45) is 8.72. The number of nitrogens with one attached hydrogen (secondary N) is 1. The van der Waals surface area contributed by atoms with Gasteiger partial charge in [0.1, 0.15) is 23.2 Å². The van der Waals surface area contributed by atoms with Crippen LogP contribution in [-0.4, -0.2) is 70.4 Å². The van der Waals surface area contributed by atoms with E-state index in [1.54, 1.807) is 13.0 Å². The highest BCUT2D eigenvalue weighted by Gasteiger charge is 2.32. The molecule has 0 fully saturated rings. The summed E-state index contributed by atoms with van der Waals surface area (Å²) < 4.78 is 10.8. The number of methoxy groups -OCH3 is 1. The molecular weight excluding hydrogens is 538 g/mol. The normalized spacial score (nSPS) is 20.3. The highest BCUT2D eigenvalue weighted by Crippen LogP contribution is 2.35. The minimum Gasteiger partial charge on any atom is -0.507 e. The summed E-state index contributed by atoms with van der Waals surface area (Å²) in [7, 11) is 1.51. The van der Waals surface area contributed by atoms with Gasteiger partial charge < -0.3 is 35.2 Å². The van der Waals surface area contributed by atoms with E-state index in [-0.39, 0.29) is 41.1 Å². The number of aromatic hydroxyl groups is 1. The van der Waals surface area contributed by atoms with Gasteiger partial charge in [0.25, 0.3) is 0 Å². The zero-order valence-corrected chi connectivity index (χ0v) is 26.0. The summed E-state index contributed by atoms with van der Waals surface area (Å²) in [5.41, 5.74) is 0.892. The van der Waals surface area contributed by atoms with E-state index in [0.29, 0.717) is 50.0 Å². The number of phenols is 1. The maximum Gasteiger partial charge on any atom is 0.342 e. The number of esters is 1. The molecule has 1 amide bonds. The van der Waals surface area contributed by atoms with Crippen molar-refractivity contribution in [2.75, 3.05) is 13.7 Å². The zero-order valence-electron chi connectivity index (χ0n) is 26.0. The number of hydrogen-bond acceptors (Lipinski definition) is 8. The number of carbonyl (C=O) groups is 2. The Morgan fingerprint density at radius 2 is 1.71 bits per heavy atom. The Bertz CT molecular complexity index is 1070. The number of ether oxygens (including phenoxy) is 2. The first-order valence-corrected chi connectivity index (χ1v) is 15.1. The first kappa shape index (κ1) is 35.3. The van der Waals surface area contributed by atoms with Crippen molar-refractivity contribution >= 4 is 11.9 Å². The molecule has 1 heterocycles. The lowest BCUT2D eigenvalue weighted by atomic mass is 9.86. The molecule has 5 N–H and O–H groups in total. The number of phenolic OH excluding ortho intramolecular Hbond substituents is 1. The molecule has 0 radical (unpaired) electrons. The zero-order chi connectivity index (χ0) is 31.4. The maximum atomic E-state index is 12.5. The van der Waals surface area contributed by atoms with Crippen LogP contribution in [0.5, 0.6) is 11.5 Å². The van der Waals surface area contributed by atoms with E-state index in [9.17, 15) is 30.0 Å². The van der Waals surface area contributed by atoms with Gasteiger partial charge >= 0.3 is 5.97 Å². The van der Waals surface area contributed by atoms with E-state index in [2.05, 4.69) is 5.32 Å². The van der Waals surface area contributed by atoms with Crippen LogP contribution in [0, 0.1) is 23.7 Å². The van der Waals surface area contributed by atoms with Crippen LogP contribution in [0.4, 0.5) is 0 Å². The third kappa shape index (κ3) is 10.1. The van der Waals surface area contributed by atoms with E-state index >= 15 is 0 Å². The van der Waals surface area contributed by atoms with Crippen LogP contribution in [-0.2, 0) is 16.0 Å². The van der Waals surface area contributed by atoms with Crippen molar-refractivity contribution in [2.24, 2.45) is 23.7 Å². The molecular formula is C33H51NO8. The summed E-state index contributed by atoms with van der Waals surface area (Å²) in [5, 5.41) is 44.4. The first-order valence-electron chi connectivity index (χ1n) is 15.1. The molecule has 0 saturated heterocycles. The third-order valence-corrected chi connectivity index (χ3v) is 8.35. The quantitative estimate of drug-likeness (QED) is 0.134. The lowest BCUT2D eigenvalue weighted by Crippen LogP contribution is -2.36. The molecule has 0 aromatic heterocycles. The molecule has 0 saturated carbocycles. The van der Waals surface area contributed by atoms with Crippen LogP contribution in [0.15, 0.2) is 36.4 Å². The van der Waals surface area contributed by atoms with Crippen molar-refractivity contribution < 1.29 is 39.5 Å². The van der Waals surface area contributed by atoms with Gasteiger partial charge in [-0.05, 0) is 49.1 Å². The summed E-state index contributed by atoms with van der Waals surface area (Å²) in [6, 6.07) is 3.16. The molecule has 0 unspecified atom stereocenters. The molecule has 1 aromatic rings. The number of cyclic esters (lactones) is 1. The lowest BCUT2D eigenvalue weighted by molar-refractivity contribution is -0.127. The van der Waals surface area contributed by atoms with Crippen LogP contribution in [0.1, 0.15) is 82.6 Å². The fourth-order valence-corrected chi connectivity index (χ4v) is 5.18. The molecule has 42 heavy (non-hydrogen) atoms. The minimum atomic E-state index is -0.719. The SMILES string of the molecule is CCC[C@H](O)[C@@H](C)C(=O)NC/C=C\C[C@H](C)[C@H](O)[C@@H](C)[C@H](O)C/C=C\C[C@@H](C)[C@H]1Cc2cc(OC)cc(O)c2C(=O)O1. The van der Waals surface area contributed by atoms with Crippen LogP contribution in [0.25, 0.3) is 0 Å². The van der Waals surface area contributed by atoms with E-state index in [4.69, 9.17) is 9.47 Å². The molecule has 1 aliphatic rings. The van der Waals surface area contributed by atoms with Crippen molar-refractivity contribution in [2.45, 2.75) is 97.6 Å². The van der Waals surface area contributed by atoms with Gasteiger partial charge in [-0.15, -0.1) is 0 Å². The Morgan fingerprint density at radius 1 is 1.05 bits per heavy atom. The molecule has 0 spiro atoms. The summed E-state index contributed by atoms with van der Waals surface area (Å²) in [6.45, 7) is 9.80. The van der Waals surface area contributed by atoms with E-state index in [1.807, 2.05) is 52.0 Å². The average molecular weight is 590 g/mol. The fraction of sp³-hybridized carbons (Fsp3) is 0.636. The number of hydrogen-bond donors (Lipinski definition) is 5. The Labute approximate surface area is 250 Å². The van der Waals surface area contributed by atoms with Crippen LogP contribution in [0.2, 0.25) is 0 Å². The van der Waals surface area contributed by atoms with Crippen molar-refractivity contribution in [3.63, 3.8) is 0 Å². The van der Waals surface area contributed by atoms with E-state index in [1.165, 1.54) is 13.2 Å². The molecule has 236 valence electrons. The van der Waals surface area contributed by atoms with Gasteiger partial charge in [0.05, 0.1) is 31.3 Å². The first-order chi connectivity index (χ1) is 19.9. The molecule has 0 aliphatic carbocycles. The Balaban J connectivity index is 1.76. The highest BCUT2D eigenvalue weighted by atomic mass is 16.5. The van der Waals surface area contributed by atoms with Crippen molar-refractivity contribution in [3.05, 3.63) is 47.6 Å². The second-order valence-electron chi connectivity index (χ2n) is 11.7. The standard InChI is InChI=1S/C33H51NO8/c1-7-12-26(35)23(5)32(39)34-16-11-10-14-21(3)31(38)22(4)27(36)15-9-8-13-20(2)29-18-24-17-25(41-6)19-28(37)30(24)33(40)42-29/h8-11,17,19-23,26-27,29,31,35-38H,7,12-16,18H2,1-6H3,(H,34,39)/b9-8-,11-10-/t20-,21+,22+,23-,26+,27-,29-,31+/m1/s1. The van der Waals surface area contributed by atoms with Gasteiger partial charge in [0, 0.05) is 24.9 Å². The van der Waals surface area contributed by atoms with Crippen LogP contribution in [0.3, 0.4) is 0 Å². The van der Waals surface area contributed by atoms with Gasteiger partial charge in [-0.1, -0.05) is 65.3 Å². The predicted molar refractivity (Wildman–Crippen MR) is 162 cm³/mol. The topological polar surface area (TPSA) is 146 Å². The number of amides is 1. The fourth-order valence-electron chi connectivity index (χ4n) is 5.18. The van der Waals surface area contributed by atoms with Crippen molar-refractivity contribution in [1.29, 1.82) is 0 Å². The Morgan fingerprint density at radius 3 is 2.38 bits per heavy atom. The number of fused-ring (bicyclic) bond motifs is 1. The molecule has 0 bridgehead atoms. The van der Waals surface area contributed by atoms with Gasteiger partial charge in [-0.2, -0.15) is 0 Å². The highest BCUT2D eigenvalue weighted by molar-refractivity contribution is 5.95.